The molecule has 11 heteroatoms. The van der Waals surface area contributed by atoms with Crippen molar-refractivity contribution in [2.24, 2.45) is 5.92 Å². The van der Waals surface area contributed by atoms with E-state index in [-0.39, 0.29) is 12.7 Å². The first-order valence-electron chi connectivity index (χ1n) is 8.55. The Labute approximate surface area is 168 Å². The smallest absolute Gasteiger partial charge is 0.247 e. The number of amides is 1. The van der Waals surface area contributed by atoms with Crippen LogP contribution in [-0.4, -0.2) is 33.1 Å². The summed E-state index contributed by atoms with van der Waals surface area (Å²) in [5.41, 5.74) is 0.763. The molecule has 0 atom stereocenters. The molecule has 3 heterocycles. The summed E-state index contributed by atoms with van der Waals surface area (Å²) in [6.07, 6.45) is 0.451. The fourth-order valence-corrected chi connectivity index (χ4v) is 4.05. The number of fused-ring (bicyclic) bond motifs is 1. The first-order valence-corrected chi connectivity index (χ1v) is 10.4. The van der Waals surface area contributed by atoms with Crippen molar-refractivity contribution in [1.82, 2.24) is 20.4 Å². The Bertz CT molecular complexity index is 988. The van der Waals surface area contributed by atoms with Crippen LogP contribution in [-0.2, 0) is 10.5 Å². The van der Waals surface area contributed by atoms with Crippen LogP contribution in [0.5, 0.6) is 11.5 Å². The van der Waals surface area contributed by atoms with Gasteiger partial charge in [-0.2, -0.15) is 0 Å². The number of ether oxygens (including phenoxy) is 2. The monoisotopic (exact) mass is 419 g/mol. The number of rotatable bonds is 7. The molecule has 1 aliphatic heterocycles. The summed E-state index contributed by atoms with van der Waals surface area (Å²) in [6, 6.07) is 5.46. The molecule has 0 aliphatic carbocycles. The lowest BCUT2D eigenvalue weighted by atomic mass is 10.1. The molecule has 146 valence electrons. The number of aromatic nitrogens is 4. The molecule has 2 aromatic heterocycles. The average Bonchev–Trinajstić information content (AvgIpc) is 3.39. The summed E-state index contributed by atoms with van der Waals surface area (Å²) in [5.74, 6) is 2.92. The van der Waals surface area contributed by atoms with Crippen LogP contribution in [0.4, 0.5) is 5.13 Å². The number of nitrogens with zero attached hydrogens (tertiary/aromatic N) is 4. The number of carbonyl (C=O) groups is 1. The number of anilines is 1. The zero-order valence-electron chi connectivity index (χ0n) is 15.2. The van der Waals surface area contributed by atoms with Gasteiger partial charge >= 0.3 is 0 Å². The molecular weight excluding hydrogens is 402 g/mol. The van der Waals surface area contributed by atoms with Crippen LogP contribution < -0.4 is 14.8 Å². The van der Waals surface area contributed by atoms with Crippen LogP contribution in [0.25, 0.3) is 11.5 Å². The van der Waals surface area contributed by atoms with Gasteiger partial charge in [-0.15, -0.1) is 20.4 Å². The molecule has 0 spiro atoms. The third-order valence-corrected chi connectivity index (χ3v) is 5.61. The van der Waals surface area contributed by atoms with E-state index in [0.29, 0.717) is 50.8 Å². The van der Waals surface area contributed by atoms with Crippen molar-refractivity contribution in [3.63, 3.8) is 0 Å². The molecule has 0 saturated carbocycles. The van der Waals surface area contributed by atoms with Crippen LogP contribution in [0.15, 0.2) is 27.0 Å². The van der Waals surface area contributed by atoms with Crippen molar-refractivity contribution in [2.75, 3.05) is 12.1 Å². The van der Waals surface area contributed by atoms with Crippen LogP contribution >= 0.6 is 23.1 Å². The maximum absolute atomic E-state index is 11.8. The van der Waals surface area contributed by atoms with Crippen LogP contribution in [0, 0.1) is 5.92 Å². The van der Waals surface area contributed by atoms with Crippen molar-refractivity contribution in [2.45, 2.75) is 30.4 Å². The molecule has 0 bridgehead atoms. The molecule has 1 aromatic carbocycles. The normalized spacial score (nSPS) is 12.5. The van der Waals surface area contributed by atoms with Crippen LogP contribution in [0.1, 0.15) is 26.2 Å². The Morgan fingerprint density at radius 1 is 1.21 bits per heavy atom. The van der Waals surface area contributed by atoms with Crippen molar-refractivity contribution < 1.29 is 18.7 Å². The maximum Gasteiger partial charge on any atom is 0.247 e. The Morgan fingerprint density at radius 2 is 2.07 bits per heavy atom. The topological polar surface area (TPSA) is 112 Å². The Balaban J connectivity index is 1.34. The predicted octanol–water partition coefficient (Wildman–Crippen LogP) is 3.59. The highest BCUT2D eigenvalue weighted by atomic mass is 32.2. The number of benzene rings is 1. The van der Waals surface area contributed by atoms with Gasteiger partial charge in [0.1, 0.15) is 0 Å². The summed E-state index contributed by atoms with van der Waals surface area (Å²) in [4.78, 5) is 11.8. The van der Waals surface area contributed by atoms with E-state index in [2.05, 4.69) is 25.7 Å². The highest BCUT2D eigenvalue weighted by molar-refractivity contribution is 8.00. The lowest BCUT2D eigenvalue weighted by molar-refractivity contribution is -0.116. The van der Waals surface area contributed by atoms with E-state index in [1.54, 1.807) is 0 Å². The molecule has 0 saturated heterocycles. The number of carbonyl (C=O) groups excluding carboxylic acids is 1. The minimum Gasteiger partial charge on any atom is -0.454 e. The van der Waals surface area contributed by atoms with E-state index in [9.17, 15) is 4.79 Å². The predicted molar refractivity (Wildman–Crippen MR) is 103 cm³/mol. The Morgan fingerprint density at radius 3 is 2.93 bits per heavy atom. The van der Waals surface area contributed by atoms with Crippen molar-refractivity contribution >= 4 is 34.1 Å². The molecule has 0 radical (unpaired) electrons. The minimum atomic E-state index is -0.0621. The number of thioether (sulfide) groups is 1. The lowest BCUT2D eigenvalue weighted by Crippen LogP contribution is -2.13. The summed E-state index contributed by atoms with van der Waals surface area (Å²) in [7, 11) is 0. The molecule has 1 aliphatic rings. The second kappa shape index (κ2) is 8.15. The third-order valence-electron chi connectivity index (χ3n) is 3.65. The quantitative estimate of drug-likeness (QED) is 0.453. The molecule has 1 N–H and O–H groups in total. The molecule has 0 unspecified atom stereocenters. The van der Waals surface area contributed by atoms with E-state index in [4.69, 9.17) is 13.9 Å². The van der Waals surface area contributed by atoms with Gasteiger partial charge in [0.2, 0.25) is 29.6 Å². The lowest BCUT2D eigenvalue weighted by Gasteiger charge is -2.02. The SMILES string of the molecule is CC(C)CC(=O)Nc1nnc(SCc2nnc(-c3ccc4c(c3)OCO4)o2)s1. The van der Waals surface area contributed by atoms with E-state index in [1.807, 2.05) is 32.0 Å². The highest BCUT2D eigenvalue weighted by Gasteiger charge is 2.17. The zero-order chi connectivity index (χ0) is 19.5. The van der Waals surface area contributed by atoms with Crippen molar-refractivity contribution in [3.05, 3.63) is 24.1 Å². The van der Waals surface area contributed by atoms with Gasteiger partial charge in [0.25, 0.3) is 0 Å². The van der Waals surface area contributed by atoms with Gasteiger partial charge < -0.3 is 19.2 Å². The second-order valence-electron chi connectivity index (χ2n) is 6.38. The van der Waals surface area contributed by atoms with Crippen molar-refractivity contribution in [3.8, 4) is 23.0 Å². The first kappa shape index (κ1) is 18.7. The summed E-state index contributed by atoms with van der Waals surface area (Å²) in [5, 5.41) is 19.4. The summed E-state index contributed by atoms with van der Waals surface area (Å²) < 4.78 is 17.1. The summed E-state index contributed by atoms with van der Waals surface area (Å²) in [6.45, 7) is 4.19. The van der Waals surface area contributed by atoms with Crippen LogP contribution in [0.3, 0.4) is 0 Å². The minimum absolute atomic E-state index is 0.0621. The Hall–Kier alpha value is -2.66. The van der Waals surface area contributed by atoms with Gasteiger partial charge in [-0.25, -0.2) is 0 Å². The second-order valence-corrected chi connectivity index (χ2v) is 8.58. The van der Waals surface area contributed by atoms with E-state index < -0.39 is 0 Å². The number of hydrogen-bond acceptors (Lipinski definition) is 10. The standard InChI is InChI=1S/C17H17N5O4S2/c1-9(2)5-13(23)18-16-21-22-17(28-16)27-7-14-19-20-15(26-14)10-3-4-11-12(6-10)25-8-24-11/h3-4,6,9H,5,7-8H2,1-2H3,(H,18,21,23). The molecular formula is C17H17N5O4S2. The molecule has 4 rings (SSSR count). The van der Waals surface area contributed by atoms with E-state index in [0.717, 1.165) is 5.56 Å². The van der Waals surface area contributed by atoms with Gasteiger partial charge in [0, 0.05) is 12.0 Å². The number of nitrogens with one attached hydrogen (secondary N) is 1. The average molecular weight is 419 g/mol. The van der Waals surface area contributed by atoms with Gasteiger partial charge in [0.05, 0.1) is 5.75 Å². The molecule has 0 fully saturated rings. The molecule has 9 nitrogen and oxygen atoms in total. The maximum atomic E-state index is 11.8. The van der Waals surface area contributed by atoms with Gasteiger partial charge in [-0.1, -0.05) is 36.9 Å². The third kappa shape index (κ3) is 4.42. The van der Waals surface area contributed by atoms with E-state index >= 15 is 0 Å². The number of hydrogen-bond donors (Lipinski definition) is 1. The van der Waals surface area contributed by atoms with Crippen LogP contribution in [0.2, 0.25) is 0 Å². The van der Waals surface area contributed by atoms with Gasteiger partial charge in [-0.3, -0.25) is 4.79 Å². The highest BCUT2D eigenvalue weighted by Crippen LogP contribution is 2.36. The fourth-order valence-electron chi connectivity index (χ4n) is 2.44. The largest absolute Gasteiger partial charge is 0.454 e. The fraction of sp³-hybridized carbons (Fsp3) is 0.353. The first-order chi connectivity index (χ1) is 13.6. The van der Waals surface area contributed by atoms with E-state index in [1.165, 1.54) is 23.1 Å². The molecule has 1 amide bonds. The molecule has 28 heavy (non-hydrogen) atoms. The van der Waals surface area contributed by atoms with Gasteiger partial charge in [0.15, 0.2) is 15.8 Å². The molecule has 3 aromatic rings. The Kier molecular flexibility index (Phi) is 5.44. The summed E-state index contributed by atoms with van der Waals surface area (Å²) >= 11 is 2.73. The van der Waals surface area contributed by atoms with Crippen molar-refractivity contribution in [1.29, 1.82) is 0 Å². The zero-order valence-corrected chi connectivity index (χ0v) is 16.8. The van der Waals surface area contributed by atoms with Gasteiger partial charge in [-0.05, 0) is 24.1 Å².